The lowest BCUT2D eigenvalue weighted by atomic mass is 10.2. The summed E-state index contributed by atoms with van der Waals surface area (Å²) in [7, 11) is 0. The molecule has 0 fully saturated rings. The predicted molar refractivity (Wildman–Crippen MR) is 86.9 cm³/mol. The number of amides is 1. The first-order valence-electron chi connectivity index (χ1n) is 6.11. The molecule has 0 saturated carbocycles. The van der Waals surface area contributed by atoms with Crippen molar-refractivity contribution in [2.75, 3.05) is 12.3 Å². The Morgan fingerprint density at radius 1 is 1.29 bits per heavy atom. The second kappa shape index (κ2) is 7.91. The first kappa shape index (κ1) is 16.5. The van der Waals surface area contributed by atoms with Crippen LogP contribution in [0.1, 0.15) is 15.2 Å². The molecule has 0 aliphatic heterocycles. The highest BCUT2D eigenvalue weighted by molar-refractivity contribution is 9.11. The highest BCUT2D eigenvalue weighted by atomic mass is 79.9. The number of nitrogens with one attached hydrogen (secondary N) is 1. The van der Waals surface area contributed by atoms with Crippen molar-refractivity contribution in [2.24, 2.45) is 0 Å². The zero-order valence-electron chi connectivity index (χ0n) is 10.9. The Hall–Kier alpha value is -0.920. The molecular weight excluding hydrogens is 380 g/mol. The lowest BCUT2D eigenvalue weighted by molar-refractivity contribution is 0.0952. The number of carbonyl (C=O) groups is 1. The summed E-state index contributed by atoms with van der Waals surface area (Å²) in [6.07, 6.45) is 0. The molecule has 1 heterocycles. The van der Waals surface area contributed by atoms with Crippen molar-refractivity contribution in [3.63, 3.8) is 0 Å². The Labute approximate surface area is 138 Å². The Balaban J connectivity index is 1.72. The molecule has 1 N–H and O–H groups in total. The zero-order chi connectivity index (χ0) is 15.2. The Morgan fingerprint density at radius 2 is 2.10 bits per heavy atom. The van der Waals surface area contributed by atoms with Gasteiger partial charge in [-0.05, 0) is 40.2 Å². The summed E-state index contributed by atoms with van der Waals surface area (Å²) in [5.74, 6) is -0.460. The topological polar surface area (TPSA) is 29.1 Å². The van der Waals surface area contributed by atoms with Crippen LogP contribution in [-0.4, -0.2) is 18.2 Å². The van der Waals surface area contributed by atoms with Crippen molar-refractivity contribution in [3.8, 4) is 0 Å². The minimum atomic E-state index is -0.844. The molecule has 0 radical (unpaired) electrons. The van der Waals surface area contributed by atoms with Crippen LogP contribution in [0.5, 0.6) is 0 Å². The maximum absolute atomic E-state index is 13.4. The van der Waals surface area contributed by atoms with Gasteiger partial charge in [0.1, 0.15) is 11.6 Å². The van der Waals surface area contributed by atoms with Gasteiger partial charge in [-0.2, -0.15) is 11.8 Å². The fourth-order valence-electron chi connectivity index (χ4n) is 1.61. The number of halogens is 3. The summed E-state index contributed by atoms with van der Waals surface area (Å²) in [5.41, 5.74) is -0.136. The van der Waals surface area contributed by atoms with Gasteiger partial charge in [-0.15, -0.1) is 11.3 Å². The molecule has 112 valence electrons. The van der Waals surface area contributed by atoms with E-state index >= 15 is 0 Å². The van der Waals surface area contributed by atoms with Gasteiger partial charge >= 0.3 is 0 Å². The summed E-state index contributed by atoms with van der Waals surface area (Å²) >= 11 is 6.76. The van der Waals surface area contributed by atoms with E-state index in [1.54, 1.807) is 23.1 Å². The van der Waals surface area contributed by atoms with E-state index in [1.165, 1.54) is 4.88 Å². The van der Waals surface area contributed by atoms with Crippen molar-refractivity contribution >= 4 is 44.9 Å². The van der Waals surface area contributed by atoms with Crippen LogP contribution in [0.15, 0.2) is 34.1 Å². The van der Waals surface area contributed by atoms with Crippen molar-refractivity contribution in [1.82, 2.24) is 5.32 Å². The second-order valence-corrected chi connectivity index (χ2v) is 7.79. The number of rotatable bonds is 6. The van der Waals surface area contributed by atoms with Gasteiger partial charge in [-0.25, -0.2) is 8.78 Å². The third-order valence-corrected chi connectivity index (χ3v) is 5.40. The average Bonchev–Trinajstić information content (AvgIpc) is 2.84. The Bertz CT molecular complexity index is 633. The predicted octanol–water partition coefficient (Wildman–Crippen LogP) is 4.45. The van der Waals surface area contributed by atoms with Crippen LogP contribution < -0.4 is 5.32 Å². The number of thiophene rings is 1. The van der Waals surface area contributed by atoms with Crippen molar-refractivity contribution in [3.05, 3.63) is 56.2 Å². The van der Waals surface area contributed by atoms with Crippen LogP contribution in [0.3, 0.4) is 0 Å². The molecule has 2 rings (SSSR count). The lowest BCUT2D eigenvalue weighted by Crippen LogP contribution is -2.26. The maximum atomic E-state index is 13.4. The van der Waals surface area contributed by atoms with Crippen LogP contribution in [0, 0.1) is 11.6 Å². The van der Waals surface area contributed by atoms with Crippen molar-refractivity contribution in [1.29, 1.82) is 0 Å². The third kappa shape index (κ3) is 5.09. The molecule has 7 heteroatoms. The molecule has 0 aliphatic rings. The minimum absolute atomic E-state index is 0.136. The van der Waals surface area contributed by atoms with Gasteiger partial charge in [-0.1, -0.05) is 0 Å². The SMILES string of the molecule is O=C(NCCSCc1ccc(Br)s1)c1ccc(F)cc1F. The van der Waals surface area contributed by atoms with Crippen LogP contribution >= 0.6 is 39.0 Å². The van der Waals surface area contributed by atoms with Gasteiger partial charge in [0.25, 0.3) is 5.91 Å². The van der Waals surface area contributed by atoms with E-state index in [0.717, 1.165) is 27.4 Å². The average molecular weight is 392 g/mol. The van der Waals surface area contributed by atoms with Crippen molar-refractivity contribution in [2.45, 2.75) is 5.75 Å². The summed E-state index contributed by atoms with van der Waals surface area (Å²) in [4.78, 5) is 13.0. The molecule has 1 amide bonds. The van der Waals surface area contributed by atoms with Crippen molar-refractivity contribution < 1.29 is 13.6 Å². The fraction of sp³-hybridized carbons (Fsp3) is 0.214. The molecule has 1 aromatic heterocycles. The molecule has 0 atom stereocenters. The summed E-state index contributed by atoms with van der Waals surface area (Å²) < 4.78 is 27.2. The normalized spacial score (nSPS) is 10.6. The molecule has 2 aromatic rings. The molecule has 0 saturated heterocycles. The number of benzene rings is 1. The van der Waals surface area contributed by atoms with Gasteiger partial charge in [0.2, 0.25) is 0 Å². The van der Waals surface area contributed by atoms with E-state index in [4.69, 9.17) is 0 Å². The van der Waals surface area contributed by atoms with E-state index in [1.807, 2.05) is 12.1 Å². The van der Waals surface area contributed by atoms with Gasteiger partial charge in [0.15, 0.2) is 0 Å². The minimum Gasteiger partial charge on any atom is -0.351 e. The fourth-order valence-corrected chi connectivity index (χ4v) is 4.06. The quantitative estimate of drug-likeness (QED) is 0.736. The van der Waals surface area contributed by atoms with E-state index in [0.29, 0.717) is 12.6 Å². The Kier molecular flexibility index (Phi) is 6.20. The summed E-state index contributed by atoms with van der Waals surface area (Å²) in [6, 6.07) is 6.98. The highest BCUT2D eigenvalue weighted by Gasteiger charge is 2.11. The summed E-state index contributed by atoms with van der Waals surface area (Å²) in [6.45, 7) is 0.437. The van der Waals surface area contributed by atoms with Gasteiger partial charge in [-0.3, -0.25) is 4.79 Å². The standard InChI is InChI=1S/C14H12BrF2NOS2/c15-13-4-2-10(21-13)8-20-6-5-18-14(19)11-3-1-9(16)7-12(11)17/h1-4,7H,5-6,8H2,(H,18,19). The van der Waals surface area contributed by atoms with E-state index in [-0.39, 0.29) is 5.56 Å². The molecule has 0 bridgehead atoms. The Morgan fingerprint density at radius 3 is 2.76 bits per heavy atom. The van der Waals surface area contributed by atoms with Crippen LogP contribution in [-0.2, 0) is 5.75 Å². The van der Waals surface area contributed by atoms with Crippen LogP contribution in [0.2, 0.25) is 0 Å². The first-order valence-corrected chi connectivity index (χ1v) is 8.88. The number of hydrogen-bond acceptors (Lipinski definition) is 3. The second-order valence-electron chi connectivity index (χ2n) is 4.14. The van der Waals surface area contributed by atoms with Gasteiger partial charge < -0.3 is 5.32 Å². The smallest absolute Gasteiger partial charge is 0.254 e. The van der Waals surface area contributed by atoms with Gasteiger partial charge in [0.05, 0.1) is 9.35 Å². The number of carbonyl (C=O) groups excluding carboxylic acids is 1. The van der Waals surface area contributed by atoms with E-state index < -0.39 is 17.5 Å². The van der Waals surface area contributed by atoms with E-state index in [2.05, 4.69) is 21.2 Å². The molecule has 0 aliphatic carbocycles. The van der Waals surface area contributed by atoms with Crippen LogP contribution in [0.4, 0.5) is 8.78 Å². The molecule has 0 unspecified atom stereocenters. The van der Waals surface area contributed by atoms with E-state index in [9.17, 15) is 13.6 Å². The number of hydrogen-bond donors (Lipinski definition) is 1. The molecule has 1 aromatic carbocycles. The molecule has 0 spiro atoms. The molecule has 21 heavy (non-hydrogen) atoms. The zero-order valence-corrected chi connectivity index (χ0v) is 14.1. The molecule has 2 nitrogen and oxygen atoms in total. The monoisotopic (exact) mass is 391 g/mol. The summed E-state index contributed by atoms with van der Waals surface area (Å²) in [5, 5.41) is 2.62. The largest absolute Gasteiger partial charge is 0.351 e. The molecular formula is C14H12BrF2NOS2. The lowest BCUT2D eigenvalue weighted by Gasteiger charge is -2.06. The first-order chi connectivity index (χ1) is 10.1. The van der Waals surface area contributed by atoms with Crippen LogP contribution in [0.25, 0.3) is 0 Å². The number of thioether (sulfide) groups is 1. The third-order valence-electron chi connectivity index (χ3n) is 2.58. The highest BCUT2D eigenvalue weighted by Crippen LogP contribution is 2.25. The maximum Gasteiger partial charge on any atom is 0.254 e. The van der Waals surface area contributed by atoms with Gasteiger partial charge in [0, 0.05) is 29.0 Å².